The maximum atomic E-state index is 12.3. The van der Waals surface area contributed by atoms with Gasteiger partial charge in [0.25, 0.3) is 0 Å². The molecule has 2 fully saturated rings. The Balaban J connectivity index is 1.85. The molecule has 2 rings (SSSR count). The van der Waals surface area contributed by atoms with Gasteiger partial charge < -0.3 is 21.5 Å². The van der Waals surface area contributed by atoms with E-state index in [0.29, 0.717) is 25.9 Å². The molecule has 0 spiro atoms. The summed E-state index contributed by atoms with van der Waals surface area (Å²) < 4.78 is 0. The van der Waals surface area contributed by atoms with Crippen LogP contribution in [0.5, 0.6) is 0 Å². The zero-order valence-corrected chi connectivity index (χ0v) is 11.2. The van der Waals surface area contributed by atoms with E-state index in [1.807, 2.05) is 0 Å². The predicted octanol–water partition coefficient (Wildman–Crippen LogP) is -0.316. The first-order valence-corrected chi connectivity index (χ1v) is 7.02. The van der Waals surface area contributed by atoms with Crippen LogP contribution in [0.4, 0.5) is 0 Å². The van der Waals surface area contributed by atoms with E-state index in [1.54, 1.807) is 0 Å². The third kappa shape index (κ3) is 3.06. The SMILES string of the molecule is NCC1(C(=O)NC2CCC(C(=O)O)CC2)CCNC1. The predicted molar refractivity (Wildman–Crippen MR) is 70.5 cm³/mol. The first-order chi connectivity index (χ1) is 9.07. The Labute approximate surface area is 113 Å². The Bertz CT molecular complexity index is 345. The van der Waals surface area contributed by atoms with Crippen LogP contribution >= 0.6 is 0 Å². The van der Waals surface area contributed by atoms with Gasteiger partial charge in [0.2, 0.25) is 5.91 Å². The van der Waals surface area contributed by atoms with Gasteiger partial charge in [0.1, 0.15) is 0 Å². The van der Waals surface area contributed by atoms with E-state index in [0.717, 1.165) is 25.8 Å². The molecule has 0 aromatic carbocycles. The lowest BCUT2D eigenvalue weighted by molar-refractivity contribution is -0.142. The molecule has 1 aliphatic carbocycles. The van der Waals surface area contributed by atoms with E-state index < -0.39 is 11.4 Å². The lowest BCUT2D eigenvalue weighted by atomic mass is 9.83. The van der Waals surface area contributed by atoms with Crippen molar-refractivity contribution in [3.8, 4) is 0 Å². The summed E-state index contributed by atoms with van der Waals surface area (Å²) in [5, 5.41) is 15.2. The van der Waals surface area contributed by atoms with Gasteiger partial charge in [-0.25, -0.2) is 0 Å². The van der Waals surface area contributed by atoms with Gasteiger partial charge in [-0.1, -0.05) is 0 Å². The fourth-order valence-electron chi connectivity index (χ4n) is 3.03. The summed E-state index contributed by atoms with van der Waals surface area (Å²) in [5.74, 6) is -0.938. The Hall–Kier alpha value is -1.14. The molecule has 0 radical (unpaired) electrons. The molecule has 1 amide bonds. The average molecular weight is 269 g/mol. The zero-order chi connectivity index (χ0) is 13.9. The van der Waals surface area contributed by atoms with Crippen LogP contribution in [-0.2, 0) is 9.59 Å². The minimum Gasteiger partial charge on any atom is -0.481 e. The number of carboxylic acids is 1. The van der Waals surface area contributed by atoms with Crippen molar-refractivity contribution in [2.45, 2.75) is 38.1 Å². The molecule has 0 bridgehead atoms. The minimum atomic E-state index is -0.719. The molecule has 1 aliphatic heterocycles. The van der Waals surface area contributed by atoms with Crippen molar-refractivity contribution in [1.82, 2.24) is 10.6 Å². The molecule has 1 saturated carbocycles. The van der Waals surface area contributed by atoms with Crippen LogP contribution < -0.4 is 16.4 Å². The monoisotopic (exact) mass is 269 g/mol. The maximum Gasteiger partial charge on any atom is 0.306 e. The third-order valence-electron chi connectivity index (χ3n) is 4.53. The maximum absolute atomic E-state index is 12.3. The number of hydrogen-bond donors (Lipinski definition) is 4. The molecule has 1 atom stereocenters. The molecule has 6 nitrogen and oxygen atoms in total. The molecule has 6 heteroatoms. The molecule has 2 aliphatic rings. The van der Waals surface area contributed by atoms with Gasteiger partial charge >= 0.3 is 5.97 Å². The van der Waals surface area contributed by atoms with Gasteiger partial charge in [-0.2, -0.15) is 0 Å². The second-order valence-electron chi connectivity index (χ2n) is 5.77. The number of hydrogen-bond acceptors (Lipinski definition) is 4. The molecule has 0 aromatic heterocycles. The Morgan fingerprint density at radius 2 is 2.00 bits per heavy atom. The summed E-state index contributed by atoms with van der Waals surface area (Å²) in [7, 11) is 0. The van der Waals surface area contributed by atoms with Crippen molar-refractivity contribution in [3.05, 3.63) is 0 Å². The number of carbonyl (C=O) groups is 2. The number of nitrogens with two attached hydrogens (primary N) is 1. The van der Waals surface area contributed by atoms with Crippen molar-refractivity contribution in [3.63, 3.8) is 0 Å². The van der Waals surface area contributed by atoms with Gasteiger partial charge in [-0.3, -0.25) is 9.59 Å². The molecule has 1 unspecified atom stereocenters. The van der Waals surface area contributed by atoms with Crippen LogP contribution in [0.25, 0.3) is 0 Å². The lowest BCUT2D eigenvalue weighted by Gasteiger charge is -2.31. The van der Waals surface area contributed by atoms with E-state index in [1.165, 1.54) is 0 Å². The Kier molecular flexibility index (Phi) is 4.42. The molecule has 5 N–H and O–H groups in total. The number of carbonyl (C=O) groups excluding carboxylic acids is 1. The highest BCUT2D eigenvalue weighted by atomic mass is 16.4. The first-order valence-electron chi connectivity index (χ1n) is 7.02. The Morgan fingerprint density at radius 1 is 1.32 bits per heavy atom. The smallest absolute Gasteiger partial charge is 0.306 e. The van der Waals surface area contributed by atoms with Crippen molar-refractivity contribution in [2.75, 3.05) is 19.6 Å². The standard InChI is InChI=1S/C13H23N3O3/c14-7-13(5-6-15-8-13)12(19)16-10-3-1-9(2-4-10)11(17)18/h9-10,15H,1-8,14H2,(H,16,19)(H,17,18). The first kappa shape index (κ1) is 14.3. The van der Waals surface area contributed by atoms with Gasteiger partial charge in [0.15, 0.2) is 0 Å². The van der Waals surface area contributed by atoms with Crippen LogP contribution in [0.2, 0.25) is 0 Å². The van der Waals surface area contributed by atoms with E-state index in [-0.39, 0.29) is 17.9 Å². The van der Waals surface area contributed by atoms with Crippen molar-refractivity contribution < 1.29 is 14.7 Å². The van der Waals surface area contributed by atoms with E-state index in [2.05, 4.69) is 10.6 Å². The quantitative estimate of drug-likeness (QED) is 0.560. The molecular weight excluding hydrogens is 246 g/mol. The number of aliphatic carboxylic acids is 1. The van der Waals surface area contributed by atoms with Crippen LogP contribution in [0.15, 0.2) is 0 Å². The fraction of sp³-hybridized carbons (Fsp3) is 0.846. The summed E-state index contributed by atoms with van der Waals surface area (Å²) >= 11 is 0. The summed E-state index contributed by atoms with van der Waals surface area (Å²) in [6, 6.07) is 0.104. The highest BCUT2D eigenvalue weighted by molar-refractivity contribution is 5.84. The van der Waals surface area contributed by atoms with Gasteiger partial charge in [-0.15, -0.1) is 0 Å². The summed E-state index contributed by atoms with van der Waals surface area (Å²) in [6.07, 6.45) is 3.57. The summed E-state index contributed by atoms with van der Waals surface area (Å²) in [4.78, 5) is 23.2. The van der Waals surface area contributed by atoms with Crippen LogP contribution in [0.1, 0.15) is 32.1 Å². The van der Waals surface area contributed by atoms with E-state index in [9.17, 15) is 9.59 Å². The van der Waals surface area contributed by atoms with Gasteiger partial charge in [0, 0.05) is 19.1 Å². The third-order valence-corrected chi connectivity index (χ3v) is 4.53. The van der Waals surface area contributed by atoms with Crippen LogP contribution in [0.3, 0.4) is 0 Å². The molecular formula is C13H23N3O3. The molecule has 1 saturated heterocycles. The molecule has 19 heavy (non-hydrogen) atoms. The number of rotatable bonds is 4. The van der Waals surface area contributed by atoms with Crippen molar-refractivity contribution in [2.24, 2.45) is 17.1 Å². The topological polar surface area (TPSA) is 104 Å². The Morgan fingerprint density at radius 3 is 2.47 bits per heavy atom. The normalized spacial score (nSPS) is 35.0. The van der Waals surface area contributed by atoms with E-state index >= 15 is 0 Å². The van der Waals surface area contributed by atoms with Gasteiger partial charge in [-0.05, 0) is 38.6 Å². The molecule has 0 aromatic rings. The fourth-order valence-corrected chi connectivity index (χ4v) is 3.03. The second kappa shape index (κ2) is 5.88. The van der Waals surface area contributed by atoms with Crippen LogP contribution in [-0.4, -0.2) is 42.7 Å². The largest absolute Gasteiger partial charge is 0.481 e. The number of carboxylic acid groups (broad SMARTS) is 1. The lowest BCUT2D eigenvalue weighted by Crippen LogP contribution is -2.51. The second-order valence-corrected chi connectivity index (χ2v) is 5.77. The van der Waals surface area contributed by atoms with Gasteiger partial charge in [0.05, 0.1) is 11.3 Å². The molecule has 1 heterocycles. The average Bonchev–Trinajstić information content (AvgIpc) is 2.89. The summed E-state index contributed by atoms with van der Waals surface area (Å²) in [6.45, 7) is 1.83. The van der Waals surface area contributed by atoms with E-state index in [4.69, 9.17) is 10.8 Å². The molecule has 108 valence electrons. The highest BCUT2D eigenvalue weighted by Gasteiger charge is 2.41. The van der Waals surface area contributed by atoms with Crippen molar-refractivity contribution in [1.29, 1.82) is 0 Å². The highest BCUT2D eigenvalue weighted by Crippen LogP contribution is 2.28. The summed E-state index contributed by atoms with van der Waals surface area (Å²) in [5.41, 5.74) is 5.29. The van der Waals surface area contributed by atoms with Crippen LogP contribution in [0, 0.1) is 11.3 Å². The zero-order valence-electron chi connectivity index (χ0n) is 11.2. The van der Waals surface area contributed by atoms with Crippen molar-refractivity contribution >= 4 is 11.9 Å². The number of nitrogens with one attached hydrogen (secondary N) is 2. The number of amides is 1. The minimum absolute atomic E-state index is 0.0266.